The third-order valence-electron chi connectivity index (χ3n) is 3.40. The molecule has 19 heavy (non-hydrogen) atoms. The SMILES string of the molecule is Cc1c(Cl)cccc1NC(=S)N[C@@H](C)[C@H]1CCCO1. The Morgan fingerprint density at radius 3 is 3.00 bits per heavy atom. The Labute approximate surface area is 124 Å². The van der Waals surface area contributed by atoms with Crippen molar-refractivity contribution >= 4 is 34.6 Å². The van der Waals surface area contributed by atoms with Crippen molar-refractivity contribution < 1.29 is 4.74 Å². The van der Waals surface area contributed by atoms with Crippen LogP contribution in [-0.4, -0.2) is 23.9 Å². The largest absolute Gasteiger partial charge is 0.376 e. The van der Waals surface area contributed by atoms with Crippen molar-refractivity contribution in [3.8, 4) is 0 Å². The molecule has 1 aliphatic heterocycles. The second kappa shape index (κ2) is 6.55. The number of halogens is 1. The van der Waals surface area contributed by atoms with Gasteiger partial charge in [0.2, 0.25) is 0 Å². The highest BCUT2D eigenvalue weighted by atomic mass is 35.5. The fourth-order valence-corrected chi connectivity index (χ4v) is 2.67. The molecule has 1 aliphatic rings. The molecule has 0 unspecified atom stereocenters. The Kier molecular flexibility index (Phi) is 5.02. The summed E-state index contributed by atoms with van der Waals surface area (Å²) in [5.74, 6) is 0. The van der Waals surface area contributed by atoms with Gasteiger partial charge in [-0.2, -0.15) is 0 Å². The standard InChI is InChI=1S/C14H19ClN2OS/c1-9-11(15)5-3-6-12(9)17-14(19)16-10(2)13-7-4-8-18-13/h3,5-6,10,13H,4,7-8H2,1-2H3,(H2,16,17,19)/t10-,13+/m0/s1. The van der Waals surface area contributed by atoms with Crippen LogP contribution in [-0.2, 0) is 4.74 Å². The number of ether oxygens (including phenoxy) is 1. The second-order valence-electron chi connectivity index (χ2n) is 4.85. The van der Waals surface area contributed by atoms with Crippen LogP contribution in [0.2, 0.25) is 5.02 Å². The maximum atomic E-state index is 6.08. The molecule has 1 saturated heterocycles. The number of rotatable bonds is 3. The Hall–Kier alpha value is -0.840. The summed E-state index contributed by atoms with van der Waals surface area (Å²) in [6, 6.07) is 5.95. The van der Waals surface area contributed by atoms with Crippen LogP contribution in [0.15, 0.2) is 18.2 Å². The zero-order valence-electron chi connectivity index (χ0n) is 11.2. The van der Waals surface area contributed by atoms with Crippen LogP contribution in [0.1, 0.15) is 25.3 Å². The van der Waals surface area contributed by atoms with Gasteiger partial charge in [-0.15, -0.1) is 0 Å². The number of benzene rings is 1. The van der Waals surface area contributed by atoms with E-state index in [1.165, 1.54) is 0 Å². The zero-order valence-corrected chi connectivity index (χ0v) is 12.8. The molecule has 2 atom stereocenters. The Morgan fingerprint density at radius 2 is 2.32 bits per heavy atom. The van der Waals surface area contributed by atoms with Crippen molar-refractivity contribution in [2.75, 3.05) is 11.9 Å². The molecule has 1 aromatic carbocycles. The third kappa shape index (κ3) is 3.81. The average molecular weight is 299 g/mol. The number of nitrogens with one attached hydrogen (secondary N) is 2. The van der Waals surface area contributed by atoms with Gasteiger partial charge in [-0.05, 0) is 56.6 Å². The number of anilines is 1. The lowest BCUT2D eigenvalue weighted by molar-refractivity contribution is 0.0895. The molecule has 0 aliphatic carbocycles. The predicted molar refractivity (Wildman–Crippen MR) is 84.0 cm³/mol. The van der Waals surface area contributed by atoms with Crippen LogP contribution < -0.4 is 10.6 Å². The fraction of sp³-hybridized carbons (Fsp3) is 0.500. The Morgan fingerprint density at radius 1 is 1.53 bits per heavy atom. The van der Waals surface area contributed by atoms with E-state index in [1.807, 2.05) is 25.1 Å². The van der Waals surface area contributed by atoms with Gasteiger partial charge < -0.3 is 15.4 Å². The topological polar surface area (TPSA) is 33.3 Å². The van der Waals surface area contributed by atoms with Crippen molar-refractivity contribution in [2.24, 2.45) is 0 Å². The molecule has 2 N–H and O–H groups in total. The number of hydrogen-bond acceptors (Lipinski definition) is 2. The first-order valence-corrected chi connectivity index (χ1v) is 7.31. The molecule has 104 valence electrons. The highest BCUT2D eigenvalue weighted by Gasteiger charge is 2.22. The molecular formula is C14H19ClN2OS. The van der Waals surface area contributed by atoms with Crippen LogP contribution in [0.3, 0.4) is 0 Å². The van der Waals surface area contributed by atoms with E-state index in [9.17, 15) is 0 Å². The van der Waals surface area contributed by atoms with Gasteiger partial charge in [0.15, 0.2) is 5.11 Å². The van der Waals surface area contributed by atoms with E-state index in [4.69, 9.17) is 28.6 Å². The molecule has 2 rings (SSSR count). The molecule has 0 amide bonds. The molecule has 3 nitrogen and oxygen atoms in total. The monoisotopic (exact) mass is 298 g/mol. The summed E-state index contributed by atoms with van der Waals surface area (Å²) in [4.78, 5) is 0. The lowest BCUT2D eigenvalue weighted by atomic mass is 10.1. The Bertz CT molecular complexity index is 461. The Balaban J connectivity index is 1.91. The third-order valence-corrected chi connectivity index (χ3v) is 4.03. The van der Waals surface area contributed by atoms with Crippen LogP contribution in [0.4, 0.5) is 5.69 Å². The van der Waals surface area contributed by atoms with Gasteiger partial charge in [-0.3, -0.25) is 0 Å². The van der Waals surface area contributed by atoms with Gasteiger partial charge in [0.1, 0.15) is 0 Å². The molecule has 5 heteroatoms. The van der Waals surface area contributed by atoms with Crippen molar-refractivity contribution in [3.63, 3.8) is 0 Å². The lowest BCUT2D eigenvalue weighted by Gasteiger charge is -2.22. The average Bonchev–Trinajstić information content (AvgIpc) is 2.88. The first kappa shape index (κ1) is 14.6. The minimum Gasteiger partial charge on any atom is -0.376 e. The molecule has 0 spiro atoms. The van der Waals surface area contributed by atoms with E-state index in [2.05, 4.69) is 17.6 Å². The highest BCUT2D eigenvalue weighted by molar-refractivity contribution is 7.80. The molecule has 0 radical (unpaired) electrons. The minimum atomic E-state index is 0.210. The summed E-state index contributed by atoms with van der Waals surface area (Å²) in [6.45, 7) is 4.91. The smallest absolute Gasteiger partial charge is 0.171 e. The fourth-order valence-electron chi connectivity index (χ4n) is 2.20. The van der Waals surface area contributed by atoms with E-state index in [1.54, 1.807) is 0 Å². The molecular weight excluding hydrogens is 280 g/mol. The van der Waals surface area contributed by atoms with Gasteiger partial charge in [0.05, 0.1) is 12.1 Å². The predicted octanol–water partition coefficient (Wildman–Crippen LogP) is 3.50. The summed E-state index contributed by atoms with van der Waals surface area (Å²) in [5.41, 5.74) is 1.93. The summed E-state index contributed by atoms with van der Waals surface area (Å²) in [6.07, 6.45) is 2.47. The molecule has 0 aromatic heterocycles. The summed E-state index contributed by atoms with van der Waals surface area (Å²) in [5, 5.41) is 7.80. The number of hydrogen-bond donors (Lipinski definition) is 2. The van der Waals surface area contributed by atoms with E-state index in [0.717, 1.165) is 35.7 Å². The lowest BCUT2D eigenvalue weighted by Crippen LogP contribution is -2.42. The molecule has 0 saturated carbocycles. The van der Waals surface area contributed by atoms with Crippen LogP contribution in [0.5, 0.6) is 0 Å². The van der Waals surface area contributed by atoms with Gasteiger partial charge in [-0.25, -0.2) is 0 Å². The summed E-state index contributed by atoms with van der Waals surface area (Å²) >= 11 is 11.4. The van der Waals surface area contributed by atoms with E-state index in [-0.39, 0.29) is 12.1 Å². The van der Waals surface area contributed by atoms with E-state index >= 15 is 0 Å². The first-order chi connectivity index (χ1) is 9.08. The van der Waals surface area contributed by atoms with Crippen molar-refractivity contribution in [1.29, 1.82) is 0 Å². The van der Waals surface area contributed by atoms with Gasteiger partial charge in [0.25, 0.3) is 0 Å². The molecule has 1 heterocycles. The van der Waals surface area contributed by atoms with Crippen molar-refractivity contribution in [1.82, 2.24) is 5.32 Å². The van der Waals surface area contributed by atoms with Gasteiger partial charge in [0, 0.05) is 17.3 Å². The van der Waals surface area contributed by atoms with E-state index < -0.39 is 0 Å². The van der Waals surface area contributed by atoms with Crippen LogP contribution >= 0.6 is 23.8 Å². The summed E-state index contributed by atoms with van der Waals surface area (Å²) < 4.78 is 5.64. The van der Waals surface area contributed by atoms with Gasteiger partial charge in [-0.1, -0.05) is 17.7 Å². The zero-order chi connectivity index (χ0) is 13.8. The first-order valence-electron chi connectivity index (χ1n) is 6.52. The molecule has 1 aromatic rings. The normalized spacial score (nSPS) is 20.1. The maximum Gasteiger partial charge on any atom is 0.171 e. The minimum absolute atomic E-state index is 0.210. The van der Waals surface area contributed by atoms with Crippen molar-refractivity contribution in [2.45, 2.75) is 38.8 Å². The molecule has 0 bridgehead atoms. The van der Waals surface area contributed by atoms with Crippen molar-refractivity contribution in [3.05, 3.63) is 28.8 Å². The van der Waals surface area contributed by atoms with Gasteiger partial charge >= 0.3 is 0 Å². The van der Waals surface area contributed by atoms with Crippen LogP contribution in [0, 0.1) is 6.92 Å². The molecule has 1 fully saturated rings. The van der Waals surface area contributed by atoms with E-state index in [0.29, 0.717) is 5.11 Å². The number of thiocarbonyl (C=S) groups is 1. The van der Waals surface area contributed by atoms with Crippen LogP contribution in [0.25, 0.3) is 0 Å². The second-order valence-corrected chi connectivity index (χ2v) is 5.67. The maximum absolute atomic E-state index is 6.08. The quantitative estimate of drug-likeness (QED) is 0.837. The highest BCUT2D eigenvalue weighted by Crippen LogP contribution is 2.23. The summed E-state index contributed by atoms with van der Waals surface area (Å²) in [7, 11) is 0.